The van der Waals surface area contributed by atoms with Crippen LogP contribution in [0.3, 0.4) is 0 Å². The SMILES string of the molecule is CCCS(=O)CCC1CCCC1NCC. The first-order valence-corrected chi connectivity index (χ1v) is 7.85. The number of hydrogen-bond donors (Lipinski definition) is 1. The molecule has 2 nitrogen and oxygen atoms in total. The van der Waals surface area contributed by atoms with Crippen LogP contribution in [0, 0.1) is 5.92 Å². The lowest BCUT2D eigenvalue weighted by molar-refractivity contribution is 0.399. The minimum atomic E-state index is -0.563. The quantitative estimate of drug-likeness (QED) is 0.728. The maximum Gasteiger partial charge on any atom is 0.0238 e. The Kier molecular flexibility index (Phi) is 6.50. The highest BCUT2D eigenvalue weighted by molar-refractivity contribution is 7.84. The lowest BCUT2D eigenvalue weighted by Gasteiger charge is -2.19. The van der Waals surface area contributed by atoms with Gasteiger partial charge in [0.15, 0.2) is 0 Å². The largest absolute Gasteiger partial charge is 0.314 e. The summed E-state index contributed by atoms with van der Waals surface area (Å²) >= 11 is 0. The molecule has 0 aromatic carbocycles. The van der Waals surface area contributed by atoms with Crippen molar-refractivity contribution in [1.82, 2.24) is 5.32 Å². The maximum absolute atomic E-state index is 11.6. The minimum Gasteiger partial charge on any atom is -0.314 e. The van der Waals surface area contributed by atoms with Crippen molar-refractivity contribution in [2.24, 2.45) is 5.92 Å². The lowest BCUT2D eigenvalue weighted by Crippen LogP contribution is -2.32. The highest BCUT2D eigenvalue weighted by atomic mass is 32.2. The molecule has 0 aromatic rings. The van der Waals surface area contributed by atoms with E-state index in [9.17, 15) is 4.21 Å². The number of nitrogens with one attached hydrogen (secondary N) is 1. The fourth-order valence-corrected chi connectivity index (χ4v) is 3.75. The number of hydrogen-bond acceptors (Lipinski definition) is 2. The molecule has 0 heterocycles. The molecule has 1 aliphatic rings. The standard InChI is InChI=1S/C12H25NOS/c1-3-9-15(14)10-8-11-6-5-7-12(11)13-4-2/h11-13H,3-10H2,1-2H3. The van der Waals surface area contributed by atoms with Crippen molar-refractivity contribution >= 4 is 10.8 Å². The molecule has 3 unspecified atom stereocenters. The van der Waals surface area contributed by atoms with E-state index in [-0.39, 0.29) is 0 Å². The summed E-state index contributed by atoms with van der Waals surface area (Å²) in [6, 6.07) is 0.702. The predicted octanol–water partition coefficient (Wildman–Crippen LogP) is 2.31. The molecule has 0 amide bonds. The van der Waals surface area contributed by atoms with Gasteiger partial charge in [0.1, 0.15) is 0 Å². The van der Waals surface area contributed by atoms with Crippen molar-refractivity contribution in [3.05, 3.63) is 0 Å². The van der Waals surface area contributed by atoms with E-state index in [1.54, 1.807) is 0 Å². The van der Waals surface area contributed by atoms with E-state index in [0.29, 0.717) is 6.04 Å². The zero-order valence-corrected chi connectivity index (χ0v) is 10.9. The van der Waals surface area contributed by atoms with Crippen LogP contribution in [-0.2, 0) is 10.8 Å². The predicted molar refractivity (Wildman–Crippen MR) is 67.6 cm³/mol. The van der Waals surface area contributed by atoms with E-state index >= 15 is 0 Å². The molecule has 1 aliphatic carbocycles. The van der Waals surface area contributed by atoms with Crippen molar-refractivity contribution in [2.45, 2.75) is 52.0 Å². The Morgan fingerprint density at radius 2 is 2.07 bits per heavy atom. The van der Waals surface area contributed by atoms with E-state index in [1.807, 2.05) is 0 Å². The van der Waals surface area contributed by atoms with Crippen LogP contribution in [0.25, 0.3) is 0 Å². The molecule has 0 aromatic heterocycles. The smallest absolute Gasteiger partial charge is 0.0238 e. The normalized spacial score (nSPS) is 28.1. The van der Waals surface area contributed by atoms with Crippen LogP contribution >= 0.6 is 0 Å². The first-order chi connectivity index (χ1) is 7.27. The van der Waals surface area contributed by atoms with Crippen molar-refractivity contribution in [1.29, 1.82) is 0 Å². The Labute approximate surface area is 96.7 Å². The summed E-state index contributed by atoms with van der Waals surface area (Å²) in [5.74, 6) is 2.59. The molecule has 1 fully saturated rings. The highest BCUT2D eigenvalue weighted by Gasteiger charge is 2.26. The fourth-order valence-electron chi connectivity index (χ4n) is 2.53. The first kappa shape index (κ1) is 13.2. The van der Waals surface area contributed by atoms with Crippen molar-refractivity contribution in [3.63, 3.8) is 0 Å². The molecule has 0 radical (unpaired) electrons. The molecule has 0 saturated heterocycles. The Bertz CT molecular complexity index is 196. The van der Waals surface area contributed by atoms with Crippen LogP contribution in [-0.4, -0.2) is 28.3 Å². The van der Waals surface area contributed by atoms with Crippen LogP contribution in [0.1, 0.15) is 46.0 Å². The van der Waals surface area contributed by atoms with Crippen molar-refractivity contribution in [3.8, 4) is 0 Å². The second-order valence-electron chi connectivity index (χ2n) is 4.49. The van der Waals surface area contributed by atoms with E-state index in [4.69, 9.17) is 0 Å². The zero-order chi connectivity index (χ0) is 11.1. The summed E-state index contributed by atoms with van der Waals surface area (Å²) in [5, 5.41) is 3.55. The molecule has 3 heteroatoms. The van der Waals surface area contributed by atoms with Gasteiger partial charge in [0.2, 0.25) is 0 Å². The molecule has 3 atom stereocenters. The third-order valence-electron chi connectivity index (χ3n) is 3.27. The minimum absolute atomic E-state index is 0.563. The molecule has 1 rings (SSSR count). The molecule has 0 spiro atoms. The zero-order valence-electron chi connectivity index (χ0n) is 10.1. The third-order valence-corrected chi connectivity index (χ3v) is 4.83. The van der Waals surface area contributed by atoms with Gasteiger partial charge in [-0.2, -0.15) is 0 Å². The van der Waals surface area contributed by atoms with Crippen LogP contribution in [0.15, 0.2) is 0 Å². The molecular weight excluding hydrogens is 206 g/mol. The van der Waals surface area contributed by atoms with Crippen molar-refractivity contribution in [2.75, 3.05) is 18.1 Å². The summed E-state index contributed by atoms with van der Waals surface area (Å²) in [6.07, 6.45) is 6.21. The van der Waals surface area contributed by atoms with Crippen LogP contribution < -0.4 is 5.32 Å². The summed E-state index contributed by atoms with van der Waals surface area (Å²) < 4.78 is 11.6. The molecule has 1 saturated carbocycles. The fraction of sp³-hybridized carbons (Fsp3) is 1.00. The Hall–Kier alpha value is 0.110. The molecule has 0 bridgehead atoms. The van der Waals surface area contributed by atoms with Gasteiger partial charge in [-0.05, 0) is 38.1 Å². The van der Waals surface area contributed by atoms with Gasteiger partial charge in [0.05, 0.1) is 0 Å². The molecule has 0 aliphatic heterocycles. The van der Waals surface area contributed by atoms with Gasteiger partial charge in [-0.1, -0.05) is 20.3 Å². The van der Waals surface area contributed by atoms with Gasteiger partial charge in [0, 0.05) is 28.3 Å². The second kappa shape index (κ2) is 7.39. The second-order valence-corrected chi connectivity index (χ2v) is 6.19. The number of rotatable bonds is 7. The topological polar surface area (TPSA) is 29.1 Å². The van der Waals surface area contributed by atoms with E-state index in [2.05, 4.69) is 19.2 Å². The van der Waals surface area contributed by atoms with E-state index in [0.717, 1.165) is 36.8 Å². The molecule has 15 heavy (non-hydrogen) atoms. The van der Waals surface area contributed by atoms with Crippen LogP contribution in [0.4, 0.5) is 0 Å². The lowest BCUT2D eigenvalue weighted by atomic mass is 10.0. The van der Waals surface area contributed by atoms with Gasteiger partial charge >= 0.3 is 0 Å². The highest BCUT2D eigenvalue weighted by Crippen LogP contribution is 2.28. The van der Waals surface area contributed by atoms with Gasteiger partial charge in [-0.3, -0.25) is 4.21 Å². The molecule has 1 N–H and O–H groups in total. The summed E-state index contributed by atoms with van der Waals surface area (Å²) in [5.41, 5.74) is 0. The molecule has 90 valence electrons. The van der Waals surface area contributed by atoms with Gasteiger partial charge < -0.3 is 5.32 Å². The summed E-state index contributed by atoms with van der Waals surface area (Å²) in [7, 11) is -0.563. The van der Waals surface area contributed by atoms with Gasteiger partial charge in [-0.15, -0.1) is 0 Å². The van der Waals surface area contributed by atoms with Crippen molar-refractivity contribution < 1.29 is 4.21 Å². The van der Waals surface area contributed by atoms with E-state index in [1.165, 1.54) is 19.3 Å². The monoisotopic (exact) mass is 231 g/mol. The average molecular weight is 231 g/mol. The maximum atomic E-state index is 11.6. The third kappa shape index (κ3) is 4.64. The van der Waals surface area contributed by atoms with Gasteiger partial charge in [0.25, 0.3) is 0 Å². The van der Waals surface area contributed by atoms with Crippen LogP contribution in [0.2, 0.25) is 0 Å². The van der Waals surface area contributed by atoms with E-state index < -0.39 is 10.8 Å². The Morgan fingerprint density at radius 1 is 1.27 bits per heavy atom. The first-order valence-electron chi connectivity index (χ1n) is 6.36. The summed E-state index contributed by atoms with van der Waals surface area (Å²) in [6.45, 7) is 5.35. The van der Waals surface area contributed by atoms with Crippen LogP contribution in [0.5, 0.6) is 0 Å². The Balaban J connectivity index is 2.22. The average Bonchev–Trinajstić information content (AvgIpc) is 2.64. The molecular formula is C12H25NOS. The summed E-state index contributed by atoms with van der Waals surface area (Å²) in [4.78, 5) is 0. The Morgan fingerprint density at radius 3 is 2.73 bits per heavy atom. The van der Waals surface area contributed by atoms with Gasteiger partial charge in [-0.25, -0.2) is 0 Å².